The Bertz CT molecular complexity index is 5100. The number of para-hydroxylation sites is 3. The van der Waals surface area contributed by atoms with Gasteiger partial charge in [0, 0.05) is 23.0 Å². The molecule has 0 radical (unpaired) electrons. The SMILES string of the molecule is CC(C)(C)c1cc(-c2cccc3c4ccc(C(C)(C)C)cc4c4ccccc4c4cccc5c4n(c23)CN5c2cccc(Oc3ccc4c5ccccc5n(-c5cc(C(C)(C)C)ccn5)c4c3)c2)c[c]([Ge]([c]2ccccc2)([c]2ccccc2)[c]2ccccc2)c1. The van der Waals surface area contributed by atoms with E-state index in [4.69, 9.17) is 9.72 Å². The Morgan fingerprint density at radius 2 is 0.900 bits per heavy atom. The van der Waals surface area contributed by atoms with E-state index >= 15 is 0 Å². The number of pyridine rings is 1. The fourth-order valence-corrected chi connectivity index (χ4v) is 24.4. The molecule has 14 aromatic rings. The van der Waals surface area contributed by atoms with E-state index in [1.807, 2.05) is 6.20 Å². The van der Waals surface area contributed by atoms with E-state index in [2.05, 4.69) is 343 Å². The number of rotatable bonds is 9. The van der Waals surface area contributed by atoms with Crippen molar-refractivity contribution in [1.82, 2.24) is 14.1 Å². The van der Waals surface area contributed by atoms with Gasteiger partial charge in [-0.15, -0.1) is 0 Å². The van der Waals surface area contributed by atoms with E-state index in [9.17, 15) is 0 Å². The molecular weight excluding hydrogens is 1150 g/mol. The zero-order valence-corrected chi connectivity index (χ0v) is 55.0. The molecule has 440 valence electrons. The summed E-state index contributed by atoms with van der Waals surface area (Å²) in [5.74, 6) is 2.40. The first-order valence-electron chi connectivity index (χ1n) is 31.7. The third-order valence-corrected chi connectivity index (χ3v) is 28.8. The Kier molecular flexibility index (Phi) is 13.8. The molecule has 5 nitrogen and oxygen atoms in total. The van der Waals surface area contributed by atoms with Crippen LogP contribution in [0.1, 0.15) is 79.0 Å². The number of aromatic nitrogens is 3. The molecule has 1 aliphatic rings. The van der Waals surface area contributed by atoms with Gasteiger partial charge in [0.15, 0.2) is 0 Å². The molecule has 0 bridgehead atoms. The van der Waals surface area contributed by atoms with Crippen molar-refractivity contribution in [1.29, 1.82) is 0 Å². The van der Waals surface area contributed by atoms with Gasteiger partial charge < -0.3 is 0 Å². The normalized spacial score (nSPS) is 12.9. The zero-order chi connectivity index (χ0) is 61.7. The summed E-state index contributed by atoms with van der Waals surface area (Å²) >= 11 is -3.83. The van der Waals surface area contributed by atoms with E-state index < -0.39 is 13.3 Å². The van der Waals surface area contributed by atoms with Crippen molar-refractivity contribution in [2.24, 2.45) is 0 Å². The summed E-state index contributed by atoms with van der Waals surface area (Å²) in [7, 11) is 0. The Morgan fingerprint density at radius 1 is 0.367 bits per heavy atom. The monoisotopic (exact) mass is 1230 g/mol. The molecule has 0 spiro atoms. The van der Waals surface area contributed by atoms with Crippen LogP contribution in [0.4, 0.5) is 11.4 Å². The van der Waals surface area contributed by atoms with Gasteiger partial charge in [-0.25, -0.2) is 4.98 Å². The van der Waals surface area contributed by atoms with Crippen LogP contribution in [0.5, 0.6) is 11.5 Å². The van der Waals surface area contributed by atoms with Crippen molar-refractivity contribution in [2.75, 3.05) is 4.90 Å². The Balaban J connectivity index is 0.974. The number of anilines is 2. The molecule has 0 atom stereocenters. The van der Waals surface area contributed by atoms with Gasteiger partial charge in [0.2, 0.25) is 0 Å². The quantitative estimate of drug-likeness (QED) is 0.135. The van der Waals surface area contributed by atoms with E-state index in [0.717, 1.165) is 45.1 Å². The Hall–Kier alpha value is -9.69. The number of hydrogen-bond acceptors (Lipinski definition) is 3. The van der Waals surface area contributed by atoms with Gasteiger partial charge in [-0.2, -0.15) is 0 Å². The summed E-state index contributed by atoms with van der Waals surface area (Å²) in [5, 5.41) is 9.58. The first-order chi connectivity index (χ1) is 43.5. The third kappa shape index (κ3) is 9.64. The van der Waals surface area contributed by atoms with E-state index in [-0.39, 0.29) is 16.2 Å². The van der Waals surface area contributed by atoms with E-state index in [0.29, 0.717) is 6.67 Å². The molecule has 15 rings (SSSR count). The standard InChI is InChI=1S/C84H74GeN4O/c1-82(2,3)57-42-44-70-73-38-24-37-67(56-48-59(84(7,8)9)50-63(49-56)85(60-26-13-10-14-27-60,61-28-15-11-16-29-61)62-30-17-12-18-31-62)80(73)88-55-87(77-41-25-39-74(81(77)88)68-34-19-20-35-69(68)75(70)51-57)64-32-23-33-65(53-64)90-66-43-45-72-71-36-21-22-40-76(71)89(78(72)54-66)79-52-58(46-47-86-79)83(4,5)6/h10-54H,55H2,1-9H3. The van der Waals surface area contributed by atoms with Gasteiger partial charge in [-0.1, -0.05) is 39.0 Å². The molecule has 0 N–H and O–H groups in total. The Labute approximate surface area is 531 Å². The maximum atomic E-state index is 7.04. The van der Waals surface area contributed by atoms with Gasteiger partial charge >= 0.3 is 399 Å². The predicted molar refractivity (Wildman–Crippen MR) is 384 cm³/mol. The van der Waals surface area contributed by atoms with Crippen LogP contribution in [0.3, 0.4) is 0 Å². The molecule has 1 aliphatic heterocycles. The van der Waals surface area contributed by atoms with Crippen LogP contribution in [0.2, 0.25) is 0 Å². The molecular formula is C84H74GeN4O. The van der Waals surface area contributed by atoms with Crippen molar-refractivity contribution in [3.8, 4) is 28.4 Å². The van der Waals surface area contributed by atoms with Crippen LogP contribution in [0.25, 0.3) is 82.1 Å². The number of hydrogen-bond donors (Lipinski definition) is 0. The van der Waals surface area contributed by atoms with Crippen LogP contribution in [0.15, 0.2) is 273 Å². The van der Waals surface area contributed by atoms with Crippen molar-refractivity contribution < 1.29 is 4.74 Å². The second-order valence-corrected chi connectivity index (χ2v) is 35.6. The van der Waals surface area contributed by atoms with Crippen LogP contribution >= 0.6 is 0 Å². The van der Waals surface area contributed by atoms with Gasteiger partial charge in [0.25, 0.3) is 0 Å². The summed E-state index contributed by atoms with van der Waals surface area (Å²) < 4.78 is 17.6. The molecule has 0 fully saturated rings. The molecule has 0 saturated carbocycles. The number of nitrogens with zero attached hydrogens (tertiary/aromatic N) is 4. The predicted octanol–water partition coefficient (Wildman–Crippen LogP) is 19.6. The van der Waals surface area contributed by atoms with Crippen molar-refractivity contribution in [2.45, 2.75) is 85.2 Å². The summed E-state index contributed by atoms with van der Waals surface area (Å²) in [4.78, 5) is 7.46. The fourth-order valence-electron chi connectivity index (χ4n) is 14.3. The van der Waals surface area contributed by atoms with Crippen molar-refractivity contribution >= 4 is 107 Å². The van der Waals surface area contributed by atoms with Gasteiger partial charge in [0.05, 0.1) is 11.0 Å². The first-order valence-corrected chi connectivity index (χ1v) is 35.9. The van der Waals surface area contributed by atoms with Crippen molar-refractivity contribution in [3.63, 3.8) is 0 Å². The van der Waals surface area contributed by atoms with Gasteiger partial charge in [-0.3, -0.25) is 4.57 Å². The number of fused-ring (bicyclic) bond motifs is 10. The summed E-state index contributed by atoms with van der Waals surface area (Å²) in [6.45, 7) is 21.4. The first kappa shape index (κ1) is 56.8. The minimum atomic E-state index is -3.83. The molecule has 0 saturated heterocycles. The van der Waals surface area contributed by atoms with Crippen LogP contribution in [-0.2, 0) is 22.9 Å². The summed E-state index contributed by atoms with van der Waals surface area (Å²) in [6, 6.07) is 100. The Morgan fingerprint density at radius 3 is 1.57 bits per heavy atom. The van der Waals surface area contributed by atoms with Crippen LogP contribution in [0, 0.1) is 0 Å². The van der Waals surface area contributed by atoms with Crippen LogP contribution in [-0.4, -0.2) is 27.4 Å². The minimum absolute atomic E-state index is 0.0380. The summed E-state index contributed by atoms with van der Waals surface area (Å²) in [5.41, 5.74) is 12.6. The fraction of sp³-hybridized carbons (Fsp3) is 0.155. The summed E-state index contributed by atoms with van der Waals surface area (Å²) in [6.07, 6.45) is 1.94. The maximum absolute atomic E-state index is 7.04. The average Bonchev–Trinajstić information content (AvgIpc) is 1.44. The van der Waals surface area contributed by atoms with Gasteiger partial charge in [-0.05, 0) is 41.3 Å². The molecule has 4 heterocycles. The molecule has 0 aliphatic carbocycles. The number of ether oxygens (including phenoxy) is 1. The molecule has 11 aromatic carbocycles. The molecule has 6 heteroatoms. The van der Waals surface area contributed by atoms with Crippen molar-refractivity contribution in [3.05, 3.63) is 290 Å². The van der Waals surface area contributed by atoms with E-state index in [1.54, 1.807) is 0 Å². The second-order valence-electron chi connectivity index (χ2n) is 27.6. The third-order valence-electron chi connectivity index (χ3n) is 18.9. The molecule has 0 unspecified atom stereocenters. The average molecular weight is 1230 g/mol. The molecule has 0 amide bonds. The number of benzene rings is 11. The zero-order valence-electron chi connectivity index (χ0n) is 52.9. The van der Waals surface area contributed by atoms with Crippen LogP contribution < -0.4 is 27.2 Å². The van der Waals surface area contributed by atoms with E-state index in [1.165, 1.54) is 94.1 Å². The second kappa shape index (κ2) is 21.8. The molecule has 90 heavy (non-hydrogen) atoms. The van der Waals surface area contributed by atoms with Gasteiger partial charge in [0.1, 0.15) is 11.6 Å². The topological polar surface area (TPSA) is 35.2 Å². The molecule has 3 aromatic heterocycles.